The highest BCUT2D eigenvalue weighted by Gasteiger charge is 2.19. The SMILES string of the molecule is CCC1C=CC(=[N+]=[N-])C=C1NC(C)O.[N-]=[N+]=C1C=CC(N(Cc2ccccc2)Cc2ccccc2)C=C1. The molecule has 2 aliphatic carbocycles. The van der Waals surface area contributed by atoms with Crippen molar-refractivity contribution >= 4 is 11.4 Å². The first-order valence-corrected chi connectivity index (χ1v) is 12.5. The van der Waals surface area contributed by atoms with Gasteiger partial charge in [0, 0.05) is 55.1 Å². The summed E-state index contributed by atoms with van der Waals surface area (Å²) in [6.07, 6.45) is 13.7. The van der Waals surface area contributed by atoms with Crippen LogP contribution in [0.2, 0.25) is 0 Å². The molecule has 0 radical (unpaired) electrons. The summed E-state index contributed by atoms with van der Waals surface area (Å²) in [6, 6.07) is 21.1. The lowest BCUT2D eigenvalue weighted by Gasteiger charge is -2.28. The second-order valence-electron chi connectivity index (χ2n) is 8.93. The fourth-order valence-corrected chi connectivity index (χ4v) is 4.17. The predicted octanol–water partition coefficient (Wildman–Crippen LogP) is 4.92. The Morgan fingerprint density at radius 1 is 0.838 bits per heavy atom. The van der Waals surface area contributed by atoms with E-state index in [0.29, 0.717) is 11.4 Å². The molecule has 0 amide bonds. The maximum absolute atomic E-state index is 9.20. The Bertz CT molecular complexity index is 1180. The van der Waals surface area contributed by atoms with Gasteiger partial charge in [0.1, 0.15) is 6.23 Å². The third-order valence-corrected chi connectivity index (χ3v) is 6.06. The van der Waals surface area contributed by atoms with Gasteiger partial charge in [-0.1, -0.05) is 85.8 Å². The minimum Gasteiger partial charge on any atom is -0.374 e. The van der Waals surface area contributed by atoms with Gasteiger partial charge in [0.05, 0.1) is 0 Å². The van der Waals surface area contributed by atoms with Gasteiger partial charge in [-0.25, -0.2) is 0 Å². The van der Waals surface area contributed by atoms with E-state index < -0.39 is 6.23 Å². The van der Waals surface area contributed by atoms with E-state index >= 15 is 0 Å². The van der Waals surface area contributed by atoms with E-state index in [4.69, 9.17) is 11.1 Å². The van der Waals surface area contributed by atoms with Crippen LogP contribution in [0.4, 0.5) is 0 Å². The quantitative estimate of drug-likeness (QED) is 0.309. The predicted molar refractivity (Wildman–Crippen MR) is 147 cm³/mol. The largest absolute Gasteiger partial charge is 0.374 e. The Hall–Kier alpha value is -4.12. The average Bonchev–Trinajstić information content (AvgIpc) is 2.94. The summed E-state index contributed by atoms with van der Waals surface area (Å²) in [4.78, 5) is 8.73. The van der Waals surface area contributed by atoms with Crippen molar-refractivity contribution in [1.29, 1.82) is 0 Å². The molecule has 2 unspecified atom stereocenters. The van der Waals surface area contributed by atoms with E-state index in [0.717, 1.165) is 25.2 Å². The number of hydrogen-bond donors (Lipinski definition) is 2. The molecule has 0 fully saturated rings. The summed E-state index contributed by atoms with van der Waals surface area (Å²) in [5.74, 6) is 0.259. The van der Waals surface area contributed by atoms with Gasteiger partial charge in [-0.2, -0.15) is 9.58 Å². The van der Waals surface area contributed by atoms with Gasteiger partial charge in [0.2, 0.25) is 0 Å². The number of aliphatic hydroxyl groups excluding tert-OH is 1. The van der Waals surface area contributed by atoms with Crippen LogP contribution in [0.1, 0.15) is 31.4 Å². The van der Waals surface area contributed by atoms with Crippen LogP contribution in [0.25, 0.3) is 11.1 Å². The highest BCUT2D eigenvalue weighted by atomic mass is 16.3. The summed E-state index contributed by atoms with van der Waals surface area (Å²) in [5, 5.41) is 12.1. The van der Waals surface area contributed by atoms with E-state index in [1.807, 2.05) is 30.4 Å². The highest BCUT2D eigenvalue weighted by Crippen LogP contribution is 2.19. The summed E-state index contributed by atoms with van der Waals surface area (Å²) >= 11 is 0. The van der Waals surface area contributed by atoms with Crippen molar-refractivity contribution in [3.8, 4) is 0 Å². The van der Waals surface area contributed by atoms with E-state index in [2.05, 4.69) is 87.4 Å². The number of benzene rings is 2. The second kappa shape index (κ2) is 14.4. The molecule has 0 saturated heterocycles. The Kier molecular flexibility index (Phi) is 10.7. The summed E-state index contributed by atoms with van der Waals surface area (Å²) < 4.78 is 0. The molecule has 2 atom stereocenters. The Labute approximate surface area is 219 Å². The van der Waals surface area contributed by atoms with Gasteiger partial charge in [-0.15, -0.1) is 0 Å². The monoisotopic (exact) mass is 494 g/mol. The zero-order valence-electron chi connectivity index (χ0n) is 21.4. The topological polar surface area (TPSA) is 108 Å². The Morgan fingerprint density at radius 2 is 1.35 bits per heavy atom. The van der Waals surface area contributed by atoms with Crippen LogP contribution < -0.4 is 5.32 Å². The smallest absolute Gasteiger partial charge is 0.316 e. The van der Waals surface area contributed by atoms with Crippen molar-refractivity contribution in [3.05, 3.63) is 131 Å². The number of allylic oxidation sites excluding steroid dienone is 5. The van der Waals surface area contributed by atoms with Crippen LogP contribution in [0, 0.1) is 5.92 Å². The molecule has 4 rings (SSSR count). The molecule has 0 saturated carbocycles. The zero-order valence-corrected chi connectivity index (χ0v) is 21.4. The lowest BCUT2D eigenvalue weighted by Crippen LogP contribution is -2.32. The number of aliphatic hydroxyl groups is 1. The molecule has 0 spiro atoms. The van der Waals surface area contributed by atoms with Crippen LogP contribution in [0.3, 0.4) is 0 Å². The Balaban J connectivity index is 0.000000233. The summed E-state index contributed by atoms with van der Waals surface area (Å²) in [5.41, 5.74) is 22.0. The van der Waals surface area contributed by atoms with Crippen molar-refractivity contribution in [2.75, 3.05) is 0 Å². The molecule has 190 valence electrons. The number of nitrogens with zero attached hydrogens (tertiary/aromatic N) is 5. The maximum atomic E-state index is 9.20. The van der Waals surface area contributed by atoms with Crippen LogP contribution >= 0.6 is 0 Å². The molecule has 2 aromatic rings. The standard InChI is InChI=1S/C20H19N3.C10H15N3O/c21-22-19-11-13-20(14-12-19)23(15-17-7-3-1-4-8-17)16-18-9-5-2-6-10-18;1-3-8-4-5-9(13-11)6-10(8)12-7(2)14/h1-14,20H,15-16H2;4-8,12,14H,3H2,1-2H3. The van der Waals surface area contributed by atoms with Crippen LogP contribution in [0.15, 0.2) is 109 Å². The first-order valence-electron chi connectivity index (χ1n) is 12.5. The summed E-state index contributed by atoms with van der Waals surface area (Å²) in [7, 11) is 0. The third kappa shape index (κ3) is 8.80. The van der Waals surface area contributed by atoms with Gasteiger partial charge in [-0.3, -0.25) is 4.90 Å². The molecule has 2 aliphatic rings. The van der Waals surface area contributed by atoms with Crippen LogP contribution in [-0.2, 0) is 13.1 Å². The molecule has 37 heavy (non-hydrogen) atoms. The minimum absolute atomic E-state index is 0.181. The summed E-state index contributed by atoms with van der Waals surface area (Å²) in [6.45, 7) is 5.44. The number of hydrogen-bond acceptors (Lipinski definition) is 3. The van der Waals surface area contributed by atoms with Gasteiger partial charge in [-0.05, 0) is 24.5 Å². The lowest BCUT2D eigenvalue weighted by atomic mass is 9.95. The van der Waals surface area contributed by atoms with E-state index in [-0.39, 0.29) is 12.0 Å². The van der Waals surface area contributed by atoms with Gasteiger partial charge in [0.15, 0.2) is 0 Å². The fraction of sp³-hybridized carbons (Fsp3) is 0.267. The van der Waals surface area contributed by atoms with Crippen molar-refractivity contribution in [1.82, 2.24) is 10.2 Å². The van der Waals surface area contributed by atoms with Gasteiger partial charge in [0.25, 0.3) is 0 Å². The minimum atomic E-state index is -0.596. The average molecular weight is 495 g/mol. The molecule has 2 aromatic carbocycles. The molecule has 2 N–H and O–H groups in total. The first kappa shape index (κ1) is 27.5. The normalized spacial score (nSPS) is 18.9. The van der Waals surface area contributed by atoms with Crippen LogP contribution in [-0.4, -0.2) is 43.3 Å². The molecule has 7 nitrogen and oxygen atoms in total. The molecular weight excluding hydrogens is 460 g/mol. The number of nitrogens with one attached hydrogen (secondary N) is 1. The van der Waals surface area contributed by atoms with E-state index in [9.17, 15) is 5.11 Å². The van der Waals surface area contributed by atoms with Gasteiger partial charge >= 0.3 is 11.4 Å². The second-order valence-corrected chi connectivity index (χ2v) is 8.93. The molecule has 0 aromatic heterocycles. The van der Waals surface area contributed by atoms with Gasteiger partial charge < -0.3 is 21.5 Å². The van der Waals surface area contributed by atoms with Crippen LogP contribution in [0.5, 0.6) is 0 Å². The maximum Gasteiger partial charge on any atom is 0.316 e. The number of rotatable bonds is 8. The first-order chi connectivity index (χ1) is 18.0. The zero-order chi connectivity index (χ0) is 26.5. The molecule has 0 aliphatic heterocycles. The lowest BCUT2D eigenvalue weighted by molar-refractivity contribution is -0.00228. The van der Waals surface area contributed by atoms with Crippen molar-refractivity contribution in [2.24, 2.45) is 5.92 Å². The molecule has 7 heteroatoms. The molecule has 0 heterocycles. The third-order valence-electron chi connectivity index (χ3n) is 6.06. The molecular formula is C30H34N6O. The van der Waals surface area contributed by atoms with Crippen molar-refractivity contribution in [2.45, 2.75) is 45.6 Å². The van der Waals surface area contributed by atoms with Crippen molar-refractivity contribution in [3.63, 3.8) is 0 Å². The molecule has 0 bridgehead atoms. The van der Waals surface area contributed by atoms with E-state index in [1.165, 1.54) is 11.1 Å². The van der Waals surface area contributed by atoms with Crippen molar-refractivity contribution < 1.29 is 14.7 Å². The highest BCUT2D eigenvalue weighted by molar-refractivity contribution is 6.01. The Morgan fingerprint density at radius 3 is 1.81 bits per heavy atom. The van der Waals surface area contributed by atoms with E-state index in [1.54, 1.807) is 19.1 Å². The fourth-order valence-electron chi connectivity index (χ4n) is 4.17.